The molecule has 2 aromatic rings. The maximum absolute atomic E-state index is 13.2. The Hall–Kier alpha value is -2.33. The Morgan fingerprint density at radius 3 is 2.18 bits per heavy atom. The van der Waals surface area contributed by atoms with E-state index in [0.717, 1.165) is 17.5 Å². The van der Waals surface area contributed by atoms with Crippen LogP contribution in [0.4, 0.5) is 0 Å². The number of carbonyl (C=O) groups is 2. The summed E-state index contributed by atoms with van der Waals surface area (Å²) in [5.74, 6) is -0.172. The molecule has 2 atom stereocenters. The molecule has 0 bridgehead atoms. The van der Waals surface area contributed by atoms with E-state index in [0.29, 0.717) is 18.0 Å². The van der Waals surface area contributed by atoms with Gasteiger partial charge in [0.2, 0.25) is 11.8 Å². The molecule has 0 saturated carbocycles. The molecule has 2 amide bonds. The van der Waals surface area contributed by atoms with Crippen LogP contribution >= 0.6 is 11.6 Å². The molecule has 0 fully saturated rings. The second-order valence-electron chi connectivity index (χ2n) is 7.05. The highest BCUT2D eigenvalue weighted by atomic mass is 35.5. The summed E-state index contributed by atoms with van der Waals surface area (Å²) in [7, 11) is 0. The van der Waals surface area contributed by atoms with Gasteiger partial charge in [0.05, 0.1) is 6.42 Å². The van der Waals surface area contributed by atoms with Gasteiger partial charge in [-0.2, -0.15) is 0 Å². The lowest BCUT2D eigenvalue weighted by Gasteiger charge is -2.31. The van der Waals surface area contributed by atoms with E-state index < -0.39 is 6.04 Å². The van der Waals surface area contributed by atoms with Crippen LogP contribution in [0.2, 0.25) is 5.02 Å². The van der Waals surface area contributed by atoms with Gasteiger partial charge in [-0.1, -0.05) is 67.9 Å². The molecule has 1 N–H and O–H groups in total. The first-order valence-corrected chi connectivity index (χ1v) is 10.2. The third kappa shape index (κ3) is 6.38. The predicted molar refractivity (Wildman–Crippen MR) is 114 cm³/mol. The van der Waals surface area contributed by atoms with Crippen molar-refractivity contribution in [2.24, 2.45) is 0 Å². The molecule has 4 nitrogen and oxygen atoms in total. The van der Waals surface area contributed by atoms with Gasteiger partial charge in [-0.3, -0.25) is 9.59 Å². The van der Waals surface area contributed by atoms with Gasteiger partial charge in [0.1, 0.15) is 6.04 Å². The first kappa shape index (κ1) is 22.0. The predicted octanol–water partition coefficient (Wildman–Crippen LogP) is 4.60. The lowest BCUT2D eigenvalue weighted by molar-refractivity contribution is -0.141. The van der Waals surface area contributed by atoms with Gasteiger partial charge < -0.3 is 10.2 Å². The summed E-state index contributed by atoms with van der Waals surface area (Å²) in [6, 6.07) is 16.6. The lowest BCUT2D eigenvalue weighted by Crippen LogP contribution is -2.51. The minimum absolute atomic E-state index is 0.0719. The number of benzene rings is 2. The van der Waals surface area contributed by atoms with Crippen molar-refractivity contribution in [1.82, 2.24) is 10.2 Å². The number of nitrogens with one attached hydrogen (secondary N) is 1. The van der Waals surface area contributed by atoms with E-state index in [1.165, 1.54) is 0 Å². The maximum Gasteiger partial charge on any atom is 0.243 e. The second kappa shape index (κ2) is 10.9. The SMILES string of the molecule is CC[C@H](C)NC(=O)[C@H](CC)N(Cc1ccccc1)C(=O)Cc1ccc(Cl)cc1. The topological polar surface area (TPSA) is 49.4 Å². The Bertz CT molecular complexity index is 762. The Balaban J connectivity index is 2.24. The average Bonchev–Trinajstić information content (AvgIpc) is 2.70. The van der Waals surface area contributed by atoms with Crippen LogP contribution in [0.15, 0.2) is 54.6 Å². The lowest BCUT2D eigenvalue weighted by atomic mass is 10.1. The van der Waals surface area contributed by atoms with Crippen LogP contribution in [0, 0.1) is 0 Å². The Kier molecular flexibility index (Phi) is 8.52. The van der Waals surface area contributed by atoms with Crippen molar-refractivity contribution in [2.75, 3.05) is 0 Å². The Labute approximate surface area is 172 Å². The quantitative estimate of drug-likeness (QED) is 0.668. The summed E-state index contributed by atoms with van der Waals surface area (Å²) in [5, 5.41) is 3.66. The number of rotatable bonds is 9. The van der Waals surface area contributed by atoms with E-state index in [2.05, 4.69) is 5.32 Å². The minimum atomic E-state index is -0.506. The summed E-state index contributed by atoms with van der Waals surface area (Å²) < 4.78 is 0. The van der Waals surface area contributed by atoms with Crippen molar-refractivity contribution in [2.45, 2.75) is 58.7 Å². The zero-order chi connectivity index (χ0) is 20.5. The molecule has 0 aromatic heterocycles. The minimum Gasteiger partial charge on any atom is -0.352 e. The van der Waals surface area contributed by atoms with Gasteiger partial charge in [0, 0.05) is 17.6 Å². The van der Waals surface area contributed by atoms with Gasteiger partial charge in [-0.25, -0.2) is 0 Å². The molecule has 28 heavy (non-hydrogen) atoms. The monoisotopic (exact) mass is 400 g/mol. The fraction of sp³-hybridized carbons (Fsp3) is 0.391. The second-order valence-corrected chi connectivity index (χ2v) is 7.49. The normalized spacial score (nSPS) is 12.9. The zero-order valence-corrected chi connectivity index (χ0v) is 17.6. The third-order valence-corrected chi connectivity index (χ3v) is 5.10. The van der Waals surface area contributed by atoms with E-state index in [4.69, 9.17) is 11.6 Å². The number of amides is 2. The van der Waals surface area contributed by atoms with Gasteiger partial charge in [0.15, 0.2) is 0 Å². The maximum atomic E-state index is 13.2. The van der Waals surface area contributed by atoms with Crippen LogP contribution in [0.3, 0.4) is 0 Å². The highest BCUT2D eigenvalue weighted by Crippen LogP contribution is 2.16. The molecule has 2 aromatic carbocycles. The summed E-state index contributed by atoms with van der Waals surface area (Å²) in [6.45, 7) is 6.34. The molecule has 0 radical (unpaired) electrons. The molecule has 150 valence electrons. The first-order valence-electron chi connectivity index (χ1n) is 9.82. The van der Waals surface area contributed by atoms with Crippen LogP contribution in [-0.4, -0.2) is 28.8 Å². The summed E-state index contributed by atoms with van der Waals surface area (Å²) >= 11 is 5.95. The molecular weight excluding hydrogens is 372 g/mol. The summed E-state index contributed by atoms with van der Waals surface area (Å²) in [6.07, 6.45) is 1.64. The van der Waals surface area contributed by atoms with E-state index in [1.807, 2.05) is 63.2 Å². The number of hydrogen-bond donors (Lipinski definition) is 1. The fourth-order valence-corrected chi connectivity index (χ4v) is 3.15. The standard InChI is InChI=1S/C23H29ClN2O2/c1-4-17(3)25-23(28)21(5-2)26(16-19-9-7-6-8-10-19)22(27)15-18-11-13-20(24)14-12-18/h6-14,17,21H,4-5,15-16H2,1-3H3,(H,25,28)/t17-,21-/m0/s1. The summed E-state index contributed by atoms with van der Waals surface area (Å²) in [4.78, 5) is 27.7. The van der Waals surface area contributed by atoms with Crippen LogP contribution in [0.1, 0.15) is 44.7 Å². The molecule has 0 unspecified atom stereocenters. The highest BCUT2D eigenvalue weighted by molar-refractivity contribution is 6.30. The van der Waals surface area contributed by atoms with Gasteiger partial charge in [-0.05, 0) is 43.0 Å². The smallest absolute Gasteiger partial charge is 0.243 e. The van der Waals surface area contributed by atoms with Crippen molar-refractivity contribution in [1.29, 1.82) is 0 Å². The molecular formula is C23H29ClN2O2. The van der Waals surface area contributed by atoms with Crippen molar-refractivity contribution >= 4 is 23.4 Å². The van der Waals surface area contributed by atoms with Gasteiger partial charge >= 0.3 is 0 Å². The zero-order valence-electron chi connectivity index (χ0n) is 16.8. The molecule has 5 heteroatoms. The van der Waals surface area contributed by atoms with Gasteiger partial charge in [-0.15, -0.1) is 0 Å². The Morgan fingerprint density at radius 1 is 0.964 bits per heavy atom. The largest absolute Gasteiger partial charge is 0.352 e. The number of carbonyl (C=O) groups excluding carboxylic acids is 2. The summed E-state index contributed by atoms with van der Waals surface area (Å²) in [5.41, 5.74) is 1.88. The number of nitrogens with zero attached hydrogens (tertiary/aromatic N) is 1. The fourth-order valence-electron chi connectivity index (χ4n) is 3.02. The van der Waals surface area contributed by atoms with Crippen molar-refractivity contribution in [3.63, 3.8) is 0 Å². The van der Waals surface area contributed by atoms with Crippen LogP contribution in [0.5, 0.6) is 0 Å². The highest BCUT2D eigenvalue weighted by Gasteiger charge is 2.29. The molecule has 0 aliphatic rings. The molecule has 0 aliphatic carbocycles. The number of halogens is 1. The molecule has 0 heterocycles. The first-order chi connectivity index (χ1) is 13.4. The molecule has 2 rings (SSSR count). The number of hydrogen-bond acceptors (Lipinski definition) is 2. The van der Waals surface area contributed by atoms with E-state index in [1.54, 1.807) is 17.0 Å². The van der Waals surface area contributed by atoms with Crippen LogP contribution in [0.25, 0.3) is 0 Å². The molecule has 0 aliphatic heterocycles. The molecule has 0 saturated heterocycles. The van der Waals surface area contributed by atoms with Crippen LogP contribution < -0.4 is 5.32 Å². The van der Waals surface area contributed by atoms with E-state index in [-0.39, 0.29) is 24.3 Å². The average molecular weight is 401 g/mol. The van der Waals surface area contributed by atoms with Gasteiger partial charge in [0.25, 0.3) is 0 Å². The van der Waals surface area contributed by atoms with E-state index >= 15 is 0 Å². The van der Waals surface area contributed by atoms with Crippen molar-refractivity contribution in [3.05, 3.63) is 70.7 Å². The van der Waals surface area contributed by atoms with Crippen LogP contribution in [-0.2, 0) is 22.6 Å². The van der Waals surface area contributed by atoms with E-state index in [9.17, 15) is 9.59 Å². The van der Waals surface area contributed by atoms with Crippen molar-refractivity contribution < 1.29 is 9.59 Å². The molecule has 0 spiro atoms. The Morgan fingerprint density at radius 2 is 1.61 bits per heavy atom. The third-order valence-electron chi connectivity index (χ3n) is 4.85. The van der Waals surface area contributed by atoms with Crippen molar-refractivity contribution in [3.8, 4) is 0 Å².